The number of hydrogen-bond donors (Lipinski definition) is 1. The number of nitrogens with zero attached hydrogens (tertiary/aromatic N) is 3. The van der Waals surface area contributed by atoms with Crippen molar-refractivity contribution < 1.29 is 18.7 Å². The Kier molecular flexibility index (Phi) is 5.11. The molecule has 6 rings (SSSR count). The summed E-state index contributed by atoms with van der Waals surface area (Å²) in [7, 11) is 1.48. The highest BCUT2D eigenvalue weighted by Crippen LogP contribution is 2.41. The Morgan fingerprint density at radius 2 is 1.94 bits per heavy atom. The van der Waals surface area contributed by atoms with E-state index in [1.807, 2.05) is 0 Å². The van der Waals surface area contributed by atoms with Gasteiger partial charge < -0.3 is 19.2 Å². The van der Waals surface area contributed by atoms with Gasteiger partial charge in [-0.25, -0.2) is 9.18 Å². The van der Waals surface area contributed by atoms with Gasteiger partial charge in [0.1, 0.15) is 22.7 Å². The van der Waals surface area contributed by atoms with Crippen molar-refractivity contribution in [2.75, 3.05) is 25.1 Å². The zero-order chi connectivity index (χ0) is 25.1. The van der Waals surface area contributed by atoms with E-state index in [2.05, 4.69) is 20.8 Å². The van der Waals surface area contributed by atoms with Gasteiger partial charge in [0.15, 0.2) is 5.82 Å². The fourth-order valence-corrected chi connectivity index (χ4v) is 5.92. The number of terminal acetylenes is 1. The number of fused-ring (bicyclic) bond motifs is 4. The zero-order valence-electron chi connectivity index (χ0n) is 20.0. The minimum absolute atomic E-state index is 0.0226. The lowest BCUT2D eigenvalue weighted by atomic mass is 9.95. The van der Waals surface area contributed by atoms with E-state index in [1.165, 1.54) is 50.6 Å². The number of aromatic nitrogens is 2. The summed E-state index contributed by atoms with van der Waals surface area (Å²) in [6.45, 7) is 3.39. The number of aryl methyl sites for hydroxylation is 1. The molecular formula is C28H24FN3O4. The van der Waals surface area contributed by atoms with Crippen LogP contribution in [0.3, 0.4) is 0 Å². The Bertz CT molecular complexity index is 1640. The van der Waals surface area contributed by atoms with Gasteiger partial charge in [0.05, 0.1) is 18.2 Å². The van der Waals surface area contributed by atoms with Crippen LogP contribution in [-0.2, 0) is 0 Å². The number of anilines is 1. The molecule has 8 heteroatoms. The predicted octanol–water partition coefficient (Wildman–Crippen LogP) is 4.78. The first-order valence-electron chi connectivity index (χ1n) is 11.9. The van der Waals surface area contributed by atoms with Gasteiger partial charge in [-0.15, -0.1) is 6.42 Å². The van der Waals surface area contributed by atoms with Crippen molar-refractivity contribution in [2.24, 2.45) is 11.8 Å². The van der Waals surface area contributed by atoms with Crippen LogP contribution in [-0.4, -0.2) is 35.3 Å². The van der Waals surface area contributed by atoms with Crippen molar-refractivity contribution in [3.63, 3.8) is 0 Å². The van der Waals surface area contributed by atoms with Gasteiger partial charge in [-0.2, -0.15) is 9.97 Å². The fourth-order valence-electron chi connectivity index (χ4n) is 5.92. The van der Waals surface area contributed by atoms with Gasteiger partial charge in [0.2, 0.25) is 0 Å². The van der Waals surface area contributed by atoms with Crippen molar-refractivity contribution in [3.05, 3.63) is 51.6 Å². The van der Waals surface area contributed by atoms with Crippen LogP contribution in [0.4, 0.5) is 10.2 Å². The van der Waals surface area contributed by atoms with Crippen LogP contribution in [0.25, 0.3) is 33.0 Å². The molecule has 0 radical (unpaired) electrons. The maximum atomic E-state index is 14.6. The van der Waals surface area contributed by atoms with Crippen LogP contribution in [0, 0.1) is 36.9 Å². The van der Waals surface area contributed by atoms with Crippen LogP contribution in [0.2, 0.25) is 0 Å². The van der Waals surface area contributed by atoms with E-state index in [0.29, 0.717) is 45.1 Å². The number of piperidine rings is 1. The minimum atomic E-state index is -0.615. The highest BCUT2D eigenvalue weighted by Gasteiger charge is 2.35. The normalized spacial score (nSPS) is 19.1. The molecule has 1 N–H and O–H groups in total. The lowest BCUT2D eigenvalue weighted by Crippen LogP contribution is -2.37. The fraction of sp³-hybridized carbons (Fsp3) is 0.321. The molecule has 1 saturated carbocycles. The van der Waals surface area contributed by atoms with Gasteiger partial charge in [-0.1, -0.05) is 12.0 Å². The predicted molar refractivity (Wildman–Crippen MR) is 135 cm³/mol. The molecule has 7 nitrogen and oxygen atoms in total. The Morgan fingerprint density at radius 1 is 1.19 bits per heavy atom. The number of halogens is 1. The second-order valence-corrected chi connectivity index (χ2v) is 9.71. The van der Waals surface area contributed by atoms with E-state index in [0.717, 1.165) is 13.1 Å². The van der Waals surface area contributed by atoms with Crippen molar-refractivity contribution in [2.45, 2.75) is 26.2 Å². The average molecular weight is 486 g/mol. The van der Waals surface area contributed by atoms with E-state index in [1.54, 1.807) is 6.92 Å². The largest absolute Gasteiger partial charge is 0.508 e. The molecule has 182 valence electrons. The molecule has 1 saturated heterocycles. The van der Waals surface area contributed by atoms with Gasteiger partial charge in [-0.3, -0.25) is 0 Å². The molecule has 2 aromatic carbocycles. The SMILES string of the molecule is C#Cc1c(F)ccc2cc(O)cc(-c3oc(=O)c4c(N5CC6CCC(C6)C5)nc(OC)nc4c3C)c12. The van der Waals surface area contributed by atoms with Crippen LogP contribution >= 0.6 is 0 Å². The number of phenols is 1. The molecule has 0 spiro atoms. The molecule has 2 bridgehead atoms. The average Bonchev–Trinajstić information content (AvgIpc) is 3.22. The van der Waals surface area contributed by atoms with Crippen molar-refractivity contribution in [1.82, 2.24) is 9.97 Å². The molecule has 4 aromatic rings. The van der Waals surface area contributed by atoms with Crippen LogP contribution in [0.1, 0.15) is 30.4 Å². The maximum Gasteiger partial charge on any atom is 0.349 e. The molecule has 3 heterocycles. The van der Waals surface area contributed by atoms with Crippen molar-refractivity contribution in [1.29, 1.82) is 0 Å². The van der Waals surface area contributed by atoms with Gasteiger partial charge in [0.25, 0.3) is 0 Å². The number of ether oxygens (including phenoxy) is 1. The number of methoxy groups -OCH3 is 1. The first-order chi connectivity index (χ1) is 17.4. The summed E-state index contributed by atoms with van der Waals surface area (Å²) in [5, 5.41) is 11.6. The zero-order valence-corrected chi connectivity index (χ0v) is 20.0. The molecule has 36 heavy (non-hydrogen) atoms. The first-order valence-corrected chi connectivity index (χ1v) is 11.9. The number of aromatic hydroxyl groups is 1. The smallest absolute Gasteiger partial charge is 0.349 e. The quantitative estimate of drug-likeness (QED) is 0.418. The molecule has 2 aromatic heterocycles. The summed E-state index contributed by atoms with van der Waals surface area (Å²) in [6, 6.07) is 5.83. The summed E-state index contributed by atoms with van der Waals surface area (Å²) in [6.07, 6.45) is 9.20. The third-order valence-electron chi connectivity index (χ3n) is 7.49. The molecule has 2 unspecified atom stereocenters. The van der Waals surface area contributed by atoms with Gasteiger partial charge >= 0.3 is 11.6 Å². The topological polar surface area (TPSA) is 88.7 Å². The summed E-state index contributed by atoms with van der Waals surface area (Å²) in [5.74, 6) is 3.55. The minimum Gasteiger partial charge on any atom is -0.508 e. The molecule has 1 aliphatic carbocycles. The molecule has 2 fully saturated rings. The number of hydrogen-bond acceptors (Lipinski definition) is 7. The second-order valence-electron chi connectivity index (χ2n) is 9.71. The molecule has 2 atom stereocenters. The summed E-state index contributed by atoms with van der Waals surface area (Å²) in [4.78, 5) is 24.7. The molecule has 1 aliphatic heterocycles. The number of rotatable bonds is 3. The summed E-state index contributed by atoms with van der Waals surface area (Å²) >= 11 is 0. The molecular weight excluding hydrogens is 461 g/mol. The van der Waals surface area contributed by atoms with Crippen LogP contribution in [0.5, 0.6) is 11.8 Å². The third-order valence-corrected chi connectivity index (χ3v) is 7.49. The van der Waals surface area contributed by atoms with E-state index < -0.39 is 11.4 Å². The molecule has 2 aliphatic rings. The lowest BCUT2D eigenvalue weighted by Gasteiger charge is -2.33. The number of benzene rings is 2. The number of phenolic OH excluding ortho intramolecular Hbond substituents is 1. The summed E-state index contributed by atoms with van der Waals surface area (Å²) < 4.78 is 25.9. The molecule has 0 amide bonds. The van der Waals surface area contributed by atoms with Crippen LogP contribution in [0.15, 0.2) is 33.5 Å². The Balaban J connectivity index is 1.65. The highest BCUT2D eigenvalue weighted by molar-refractivity contribution is 6.03. The Labute approximate surface area is 206 Å². The van der Waals surface area contributed by atoms with Gasteiger partial charge in [-0.05, 0) is 61.6 Å². The first kappa shape index (κ1) is 22.4. The Hall–Kier alpha value is -4.12. The van der Waals surface area contributed by atoms with E-state index in [9.17, 15) is 14.3 Å². The van der Waals surface area contributed by atoms with Crippen molar-refractivity contribution in [3.8, 4) is 35.4 Å². The van der Waals surface area contributed by atoms with E-state index in [-0.39, 0.29) is 28.5 Å². The van der Waals surface area contributed by atoms with E-state index >= 15 is 0 Å². The van der Waals surface area contributed by atoms with E-state index in [4.69, 9.17) is 15.6 Å². The van der Waals surface area contributed by atoms with Gasteiger partial charge in [0, 0.05) is 29.6 Å². The monoisotopic (exact) mass is 485 g/mol. The summed E-state index contributed by atoms with van der Waals surface area (Å²) in [5.41, 5.74) is 0.636. The Morgan fingerprint density at radius 3 is 2.64 bits per heavy atom. The highest BCUT2D eigenvalue weighted by atomic mass is 19.1. The maximum absolute atomic E-state index is 14.6. The van der Waals surface area contributed by atoms with Crippen LogP contribution < -0.4 is 15.3 Å². The lowest BCUT2D eigenvalue weighted by molar-refractivity contribution is 0.378. The van der Waals surface area contributed by atoms with Crippen molar-refractivity contribution >= 4 is 27.5 Å². The standard InChI is InChI=1S/C28H24FN3O4/c1-4-19-21(29)8-7-17-10-18(33)11-20(22(17)19)25-14(2)24-23(27(34)36-25)26(31-28(30-24)35-3)32-12-15-5-6-16(9-15)13-32/h1,7-8,10-11,15-16,33H,5-6,9,12-13H2,2-3H3. The third kappa shape index (κ3) is 3.38. The second kappa shape index (κ2) is 8.23.